The Bertz CT molecular complexity index is 719. The second-order valence-electron chi connectivity index (χ2n) is 4.52. The number of carbonyl (C=O) groups is 1. The minimum atomic E-state index is -4.61. The van der Waals surface area contributed by atoms with Crippen molar-refractivity contribution >= 4 is 5.97 Å². The van der Waals surface area contributed by atoms with Crippen molar-refractivity contribution in [3.05, 3.63) is 53.2 Å². The van der Waals surface area contributed by atoms with E-state index in [4.69, 9.17) is 10.5 Å². The zero-order chi connectivity index (χ0) is 19.0. The first kappa shape index (κ1) is 23.4. The number of benzene rings is 1. The molecule has 144 valence electrons. The molecule has 0 aliphatic carbocycles. The summed E-state index contributed by atoms with van der Waals surface area (Å²) in [6.07, 6.45) is -4.61. The minimum absolute atomic E-state index is 0. The quantitative estimate of drug-likeness (QED) is 0.780. The molecule has 0 unspecified atom stereocenters. The van der Waals surface area contributed by atoms with Gasteiger partial charge in [0.1, 0.15) is 11.4 Å². The Balaban J connectivity index is 0.00000201. The lowest BCUT2D eigenvalue weighted by atomic mass is 10.2. The van der Waals surface area contributed by atoms with Crippen LogP contribution in [-0.4, -0.2) is 18.1 Å². The minimum Gasteiger partial charge on any atom is -0.465 e. The molecule has 0 spiro atoms. The summed E-state index contributed by atoms with van der Waals surface area (Å²) in [4.78, 5) is 14.9. The molecule has 0 aliphatic rings. The van der Waals surface area contributed by atoms with Crippen molar-refractivity contribution < 1.29 is 27.4 Å². The fourth-order valence-corrected chi connectivity index (χ4v) is 1.80. The molecule has 1 heterocycles. The van der Waals surface area contributed by atoms with Gasteiger partial charge in [-0.2, -0.15) is 13.2 Å². The van der Waals surface area contributed by atoms with Gasteiger partial charge in [-0.05, 0) is 29.8 Å². The van der Waals surface area contributed by atoms with E-state index < -0.39 is 17.8 Å². The van der Waals surface area contributed by atoms with Crippen LogP contribution >= 0.6 is 0 Å². The lowest BCUT2D eigenvalue weighted by Crippen LogP contribution is -2.10. The predicted octanol–water partition coefficient (Wildman–Crippen LogP) is 4.80. The van der Waals surface area contributed by atoms with E-state index in [0.717, 1.165) is 6.07 Å². The second-order valence-corrected chi connectivity index (χ2v) is 4.52. The molecule has 0 bridgehead atoms. The molecule has 8 heteroatoms. The molecule has 0 atom stereocenters. The Morgan fingerprint density at radius 3 is 2.38 bits per heavy atom. The highest BCUT2D eigenvalue weighted by atomic mass is 19.4. The van der Waals surface area contributed by atoms with Gasteiger partial charge in [0.25, 0.3) is 0 Å². The number of esters is 1. The van der Waals surface area contributed by atoms with Crippen LogP contribution in [0.2, 0.25) is 0 Å². The van der Waals surface area contributed by atoms with E-state index >= 15 is 0 Å². The van der Waals surface area contributed by atoms with Crippen molar-refractivity contribution in [2.24, 2.45) is 5.73 Å². The number of aromatic nitrogens is 1. The smallest absolute Gasteiger partial charge is 0.433 e. The number of hydrogen-bond donors (Lipinski definition) is 1. The van der Waals surface area contributed by atoms with E-state index in [-0.39, 0.29) is 36.7 Å². The van der Waals surface area contributed by atoms with E-state index in [1.807, 2.05) is 13.8 Å². The SMILES string of the molecule is C.CC.COC(=O)c1cccc(Oc2cc(CN)cc(C(F)(F)F)n2)c1. The summed E-state index contributed by atoms with van der Waals surface area (Å²) in [5.74, 6) is -0.694. The fraction of sp³-hybridized carbons (Fsp3) is 0.333. The summed E-state index contributed by atoms with van der Waals surface area (Å²) in [6.45, 7) is 3.91. The number of halogens is 3. The van der Waals surface area contributed by atoms with Crippen molar-refractivity contribution in [2.45, 2.75) is 34.0 Å². The van der Waals surface area contributed by atoms with Gasteiger partial charge in [0.2, 0.25) is 5.88 Å². The standard InChI is InChI=1S/C15H13F3N2O3.C2H6.CH4/c1-22-14(21)10-3-2-4-11(7-10)23-13-6-9(8-19)5-12(20-13)15(16,17)18;1-2;/h2-7H,8,19H2,1H3;1-2H3;1H4. The zero-order valence-corrected chi connectivity index (χ0v) is 14.1. The number of nitrogens with zero attached hydrogens (tertiary/aromatic N) is 1. The number of rotatable bonds is 4. The van der Waals surface area contributed by atoms with Crippen molar-refractivity contribution in [1.82, 2.24) is 4.98 Å². The lowest BCUT2D eigenvalue weighted by molar-refractivity contribution is -0.141. The van der Waals surface area contributed by atoms with Gasteiger partial charge in [0.05, 0.1) is 12.7 Å². The molecule has 2 rings (SSSR count). The monoisotopic (exact) mass is 372 g/mol. The van der Waals surface area contributed by atoms with Crippen LogP contribution in [0.4, 0.5) is 13.2 Å². The first-order valence-corrected chi connectivity index (χ1v) is 7.48. The largest absolute Gasteiger partial charge is 0.465 e. The van der Waals surface area contributed by atoms with Gasteiger partial charge in [0, 0.05) is 12.6 Å². The molecule has 0 fully saturated rings. The average Bonchev–Trinajstić information content (AvgIpc) is 2.62. The van der Waals surface area contributed by atoms with Crippen LogP contribution in [0.1, 0.15) is 42.9 Å². The Morgan fingerprint density at radius 1 is 1.19 bits per heavy atom. The predicted molar refractivity (Wildman–Crippen MR) is 93.1 cm³/mol. The molecule has 0 amide bonds. The maximum Gasteiger partial charge on any atom is 0.433 e. The van der Waals surface area contributed by atoms with Crippen LogP contribution < -0.4 is 10.5 Å². The van der Waals surface area contributed by atoms with Crippen LogP contribution in [0, 0.1) is 0 Å². The molecule has 26 heavy (non-hydrogen) atoms. The average molecular weight is 372 g/mol. The third kappa shape index (κ3) is 6.36. The first-order valence-electron chi connectivity index (χ1n) is 7.48. The van der Waals surface area contributed by atoms with Crippen LogP contribution in [0.15, 0.2) is 36.4 Å². The Morgan fingerprint density at radius 2 is 1.85 bits per heavy atom. The first-order chi connectivity index (χ1) is 11.8. The van der Waals surface area contributed by atoms with Gasteiger partial charge in [-0.15, -0.1) is 0 Å². The number of pyridine rings is 1. The van der Waals surface area contributed by atoms with Gasteiger partial charge >= 0.3 is 12.1 Å². The fourth-order valence-electron chi connectivity index (χ4n) is 1.80. The zero-order valence-electron chi connectivity index (χ0n) is 14.1. The van der Waals surface area contributed by atoms with Gasteiger partial charge in [-0.3, -0.25) is 0 Å². The van der Waals surface area contributed by atoms with E-state index in [1.165, 1.54) is 37.4 Å². The topological polar surface area (TPSA) is 74.4 Å². The second kappa shape index (κ2) is 10.4. The molecular formula is C18H23F3N2O3. The normalized spacial score (nSPS) is 10.1. The molecule has 0 saturated heterocycles. The number of nitrogens with two attached hydrogens (primary N) is 1. The summed E-state index contributed by atoms with van der Waals surface area (Å²) in [7, 11) is 1.22. The van der Waals surface area contributed by atoms with Gasteiger partial charge < -0.3 is 15.2 Å². The number of alkyl halides is 3. The number of methoxy groups -OCH3 is 1. The van der Waals surface area contributed by atoms with Crippen LogP contribution in [-0.2, 0) is 17.5 Å². The molecule has 5 nitrogen and oxygen atoms in total. The highest BCUT2D eigenvalue weighted by Gasteiger charge is 2.33. The number of hydrogen-bond acceptors (Lipinski definition) is 5. The maximum atomic E-state index is 12.8. The van der Waals surface area contributed by atoms with Crippen molar-refractivity contribution in [3.63, 3.8) is 0 Å². The van der Waals surface area contributed by atoms with E-state index in [1.54, 1.807) is 0 Å². The van der Waals surface area contributed by atoms with E-state index in [0.29, 0.717) is 0 Å². The maximum absolute atomic E-state index is 12.8. The summed E-state index contributed by atoms with van der Waals surface area (Å²) >= 11 is 0. The van der Waals surface area contributed by atoms with Crippen LogP contribution in [0.25, 0.3) is 0 Å². The summed E-state index contributed by atoms with van der Waals surface area (Å²) in [5.41, 5.74) is 4.73. The Hall–Kier alpha value is -2.61. The van der Waals surface area contributed by atoms with Crippen LogP contribution in [0.5, 0.6) is 11.6 Å². The molecule has 0 radical (unpaired) electrons. The third-order valence-corrected chi connectivity index (χ3v) is 2.87. The summed E-state index contributed by atoms with van der Waals surface area (Å²) < 4.78 is 48.3. The molecule has 2 N–H and O–H groups in total. The number of carbonyl (C=O) groups excluding carboxylic acids is 1. The molecule has 2 aromatic rings. The molecule has 1 aromatic carbocycles. The van der Waals surface area contributed by atoms with E-state index in [9.17, 15) is 18.0 Å². The van der Waals surface area contributed by atoms with Crippen molar-refractivity contribution in [2.75, 3.05) is 7.11 Å². The third-order valence-electron chi connectivity index (χ3n) is 2.87. The highest BCUT2D eigenvalue weighted by molar-refractivity contribution is 5.89. The van der Waals surface area contributed by atoms with Gasteiger partial charge in [-0.25, -0.2) is 9.78 Å². The van der Waals surface area contributed by atoms with Gasteiger partial charge in [0.15, 0.2) is 0 Å². The van der Waals surface area contributed by atoms with Crippen molar-refractivity contribution in [3.8, 4) is 11.6 Å². The molecule has 0 aliphatic heterocycles. The molecular weight excluding hydrogens is 349 g/mol. The van der Waals surface area contributed by atoms with Crippen LogP contribution in [0.3, 0.4) is 0 Å². The Kier molecular flexibility index (Phi) is 9.35. The summed E-state index contributed by atoms with van der Waals surface area (Å²) in [6, 6.07) is 7.99. The summed E-state index contributed by atoms with van der Waals surface area (Å²) in [5, 5.41) is 0. The number of ether oxygens (including phenoxy) is 2. The van der Waals surface area contributed by atoms with Crippen molar-refractivity contribution in [1.29, 1.82) is 0 Å². The molecule has 0 saturated carbocycles. The Labute approximate surface area is 150 Å². The lowest BCUT2D eigenvalue weighted by Gasteiger charge is -2.11. The molecule has 1 aromatic heterocycles. The van der Waals surface area contributed by atoms with E-state index in [2.05, 4.69) is 9.72 Å². The highest BCUT2D eigenvalue weighted by Crippen LogP contribution is 2.31. The van der Waals surface area contributed by atoms with Gasteiger partial charge in [-0.1, -0.05) is 27.3 Å².